The lowest BCUT2D eigenvalue weighted by atomic mass is 10.1. The van der Waals surface area contributed by atoms with E-state index in [1.807, 2.05) is 0 Å². The number of amides is 1. The Morgan fingerprint density at radius 3 is 2.23 bits per heavy atom. The number of rotatable bonds is 7. The first-order chi connectivity index (χ1) is 14.1. The van der Waals surface area contributed by atoms with Crippen molar-refractivity contribution in [2.24, 2.45) is 0 Å². The Labute approximate surface area is 185 Å². The third-order valence-electron chi connectivity index (χ3n) is 3.88. The molecule has 0 radical (unpaired) electrons. The van der Waals surface area contributed by atoms with Crippen LogP contribution in [0.1, 0.15) is 31.9 Å². The van der Waals surface area contributed by atoms with Gasteiger partial charge in [0.15, 0.2) is 0 Å². The number of halogens is 2. The van der Waals surface area contributed by atoms with Crippen LogP contribution in [0.2, 0.25) is 10.0 Å². The summed E-state index contributed by atoms with van der Waals surface area (Å²) in [6, 6.07) is 6.20. The number of pyridine rings is 1. The molecule has 1 aromatic carbocycles. The topological polar surface area (TPSA) is 86.8 Å². The summed E-state index contributed by atoms with van der Waals surface area (Å²) in [7, 11) is 1.26. The third kappa shape index (κ3) is 7.39. The van der Waals surface area contributed by atoms with Crippen molar-refractivity contribution in [3.05, 3.63) is 57.8 Å². The standard InChI is InChI=1S/C21H24Cl2N2O5/c1-21(2,3)30-20(27)25-18(19(26)28-4)9-13-5-7-14(8-6-13)29-12-15-16(22)10-24-11-17(15)23/h5-8,10-11,18H,9,12H2,1-4H3,(H,25,27)/t18-/m0/s1. The average molecular weight is 455 g/mol. The number of benzene rings is 1. The fraction of sp³-hybridized carbons (Fsp3) is 0.381. The van der Waals surface area contributed by atoms with Gasteiger partial charge in [-0.1, -0.05) is 35.3 Å². The molecule has 0 saturated heterocycles. The van der Waals surface area contributed by atoms with E-state index in [9.17, 15) is 9.59 Å². The van der Waals surface area contributed by atoms with E-state index in [-0.39, 0.29) is 13.0 Å². The van der Waals surface area contributed by atoms with Gasteiger partial charge < -0.3 is 19.5 Å². The Morgan fingerprint density at radius 1 is 1.10 bits per heavy atom. The van der Waals surface area contributed by atoms with Crippen LogP contribution >= 0.6 is 23.2 Å². The van der Waals surface area contributed by atoms with Crippen LogP contribution in [-0.4, -0.2) is 35.8 Å². The van der Waals surface area contributed by atoms with Crippen LogP contribution in [0.4, 0.5) is 4.79 Å². The molecule has 1 atom stereocenters. The Balaban J connectivity index is 2.01. The number of nitrogens with one attached hydrogen (secondary N) is 1. The van der Waals surface area contributed by atoms with E-state index in [0.29, 0.717) is 21.4 Å². The lowest BCUT2D eigenvalue weighted by molar-refractivity contribution is -0.143. The summed E-state index contributed by atoms with van der Waals surface area (Å²) >= 11 is 12.2. The van der Waals surface area contributed by atoms with Crippen LogP contribution < -0.4 is 10.1 Å². The molecule has 1 heterocycles. The van der Waals surface area contributed by atoms with E-state index in [1.54, 1.807) is 45.0 Å². The molecule has 0 bridgehead atoms. The minimum Gasteiger partial charge on any atom is -0.489 e. The second kappa shape index (κ2) is 10.5. The average Bonchev–Trinajstić information content (AvgIpc) is 2.66. The highest BCUT2D eigenvalue weighted by atomic mass is 35.5. The molecule has 9 heteroatoms. The zero-order valence-electron chi connectivity index (χ0n) is 17.2. The molecule has 0 spiro atoms. The van der Waals surface area contributed by atoms with Crippen LogP contribution in [0.3, 0.4) is 0 Å². The van der Waals surface area contributed by atoms with Crippen molar-refractivity contribution >= 4 is 35.3 Å². The number of carbonyl (C=O) groups is 2. The number of hydrogen-bond donors (Lipinski definition) is 1. The van der Waals surface area contributed by atoms with Crippen molar-refractivity contribution < 1.29 is 23.8 Å². The summed E-state index contributed by atoms with van der Waals surface area (Å²) in [5, 5.41) is 3.39. The minimum absolute atomic E-state index is 0.185. The Hall–Kier alpha value is -2.51. The van der Waals surface area contributed by atoms with Crippen molar-refractivity contribution in [3.8, 4) is 5.75 Å². The highest BCUT2D eigenvalue weighted by Gasteiger charge is 2.25. The molecular formula is C21H24Cl2N2O5. The summed E-state index contributed by atoms with van der Waals surface area (Å²) in [5.74, 6) is 0.0283. The molecule has 0 aliphatic heterocycles. The summed E-state index contributed by atoms with van der Waals surface area (Å²) in [6.45, 7) is 5.41. The first-order valence-corrected chi connectivity index (χ1v) is 9.91. The first kappa shape index (κ1) is 23.8. The number of methoxy groups -OCH3 is 1. The molecule has 30 heavy (non-hydrogen) atoms. The summed E-state index contributed by atoms with van der Waals surface area (Å²) in [6.07, 6.45) is 2.54. The molecule has 0 unspecified atom stereocenters. The van der Waals surface area contributed by atoms with Crippen LogP contribution in [0.15, 0.2) is 36.7 Å². The first-order valence-electron chi connectivity index (χ1n) is 9.16. The van der Waals surface area contributed by atoms with Gasteiger partial charge >= 0.3 is 12.1 Å². The molecule has 2 rings (SSSR count). The third-order valence-corrected chi connectivity index (χ3v) is 4.53. The normalized spacial score (nSPS) is 12.1. The van der Waals surface area contributed by atoms with Crippen LogP contribution in [0.25, 0.3) is 0 Å². The maximum absolute atomic E-state index is 12.1. The number of aromatic nitrogens is 1. The summed E-state index contributed by atoms with van der Waals surface area (Å²) in [5.41, 5.74) is 0.767. The van der Waals surface area contributed by atoms with E-state index in [1.165, 1.54) is 19.5 Å². The van der Waals surface area contributed by atoms with Gasteiger partial charge in [-0.25, -0.2) is 9.59 Å². The van der Waals surface area contributed by atoms with Crippen molar-refractivity contribution in [2.75, 3.05) is 7.11 Å². The van der Waals surface area contributed by atoms with E-state index in [0.717, 1.165) is 5.56 Å². The number of ether oxygens (including phenoxy) is 3. The Morgan fingerprint density at radius 2 is 1.70 bits per heavy atom. The second-order valence-corrected chi connectivity index (χ2v) is 8.25. The van der Waals surface area contributed by atoms with E-state index < -0.39 is 23.7 Å². The quantitative estimate of drug-likeness (QED) is 0.616. The van der Waals surface area contributed by atoms with Gasteiger partial charge in [0.05, 0.1) is 17.2 Å². The number of esters is 1. The number of nitrogens with zero attached hydrogens (tertiary/aromatic N) is 1. The molecule has 1 N–H and O–H groups in total. The van der Waals surface area contributed by atoms with Crippen LogP contribution in [-0.2, 0) is 27.3 Å². The molecular weight excluding hydrogens is 431 g/mol. The second-order valence-electron chi connectivity index (χ2n) is 7.44. The van der Waals surface area contributed by atoms with Gasteiger partial charge in [0.25, 0.3) is 0 Å². The maximum Gasteiger partial charge on any atom is 0.408 e. The lowest BCUT2D eigenvalue weighted by Gasteiger charge is -2.22. The Bertz CT molecular complexity index is 862. The molecule has 162 valence electrons. The molecule has 0 aliphatic carbocycles. The van der Waals surface area contributed by atoms with Crippen molar-refractivity contribution in [2.45, 2.75) is 45.4 Å². The zero-order chi connectivity index (χ0) is 22.3. The summed E-state index contributed by atoms with van der Waals surface area (Å²) < 4.78 is 15.7. The molecule has 0 aliphatic rings. The van der Waals surface area contributed by atoms with Gasteiger partial charge in [0.2, 0.25) is 0 Å². The number of carbonyl (C=O) groups excluding carboxylic acids is 2. The highest BCUT2D eigenvalue weighted by Crippen LogP contribution is 2.25. The van der Waals surface area contributed by atoms with Crippen LogP contribution in [0, 0.1) is 0 Å². The van der Waals surface area contributed by atoms with E-state index in [4.69, 9.17) is 37.4 Å². The van der Waals surface area contributed by atoms with Gasteiger partial charge in [-0.3, -0.25) is 4.98 Å². The van der Waals surface area contributed by atoms with E-state index >= 15 is 0 Å². The van der Waals surface area contributed by atoms with Crippen molar-refractivity contribution in [1.29, 1.82) is 0 Å². The van der Waals surface area contributed by atoms with Crippen molar-refractivity contribution in [1.82, 2.24) is 10.3 Å². The summed E-state index contributed by atoms with van der Waals surface area (Å²) in [4.78, 5) is 28.0. The monoisotopic (exact) mass is 454 g/mol. The highest BCUT2D eigenvalue weighted by molar-refractivity contribution is 6.35. The van der Waals surface area contributed by atoms with Gasteiger partial charge in [-0.2, -0.15) is 0 Å². The fourth-order valence-corrected chi connectivity index (χ4v) is 2.95. The fourth-order valence-electron chi connectivity index (χ4n) is 2.47. The number of hydrogen-bond acceptors (Lipinski definition) is 6. The largest absolute Gasteiger partial charge is 0.489 e. The minimum atomic E-state index is -0.883. The number of alkyl carbamates (subject to hydrolysis) is 1. The maximum atomic E-state index is 12.1. The van der Waals surface area contributed by atoms with Gasteiger partial charge in [0.1, 0.15) is 24.0 Å². The molecule has 1 amide bonds. The predicted molar refractivity (Wildman–Crippen MR) is 114 cm³/mol. The Kier molecular flexibility index (Phi) is 8.32. The lowest BCUT2D eigenvalue weighted by Crippen LogP contribution is -2.45. The smallest absolute Gasteiger partial charge is 0.408 e. The molecule has 2 aromatic rings. The van der Waals surface area contributed by atoms with Gasteiger partial charge in [-0.05, 0) is 38.5 Å². The molecule has 1 aromatic heterocycles. The molecule has 0 saturated carbocycles. The SMILES string of the molecule is COC(=O)[C@H](Cc1ccc(OCc2c(Cl)cncc2Cl)cc1)NC(=O)OC(C)(C)C. The molecule has 0 fully saturated rings. The van der Waals surface area contributed by atoms with Gasteiger partial charge in [0, 0.05) is 24.4 Å². The zero-order valence-corrected chi connectivity index (χ0v) is 18.7. The van der Waals surface area contributed by atoms with E-state index in [2.05, 4.69) is 10.3 Å². The van der Waals surface area contributed by atoms with Crippen LogP contribution in [0.5, 0.6) is 5.75 Å². The predicted octanol–water partition coefficient (Wildman–Crippen LogP) is 4.58. The molecule has 7 nitrogen and oxygen atoms in total. The van der Waals surface area contributed by atoms with Gasteiger partial charge in [-0.15, -0.1) is 0 Å². The van der Waals surface area contributed by atoms with Crippen molar-refractivity contribution in [3.63, 3.8) is 0 Å².